The van der Waals surface area contributed by atoms with Crippen molar-refractivity contribution >= 4 is 30.1 Å². The van der Waals surface area contributed by atoms with E-state index in [0.717, 1.165) is 13.1 Å². The summed E-state index contributed by atoms with van der Waals surface area (Å²) in [7, 11) is 0. The summed E-state index contributed by atoms with van der Waals surface area (Å²) in [5.41, 5.74) is 0. The minimum Gasteiger partial charge on any atom is -0.336 e. The van der Waals surface area contributed by atoms with E-state index in [1.165, 1.54) is 0 Å². The van der Waals surface area contributed by atoms with Gasteiger partial charge in [0, 0.05) is 25.2 Å². The van der Waals surface area contributed by atoms with E-state index >= 15 is 0 Å². The minimum atomic E-state index is 0. The Morgan fingerprint density at radius 2 is 2.21 bits per heavy atom. The Morgan fingerprint density at radius 1 is 1.57 bits per heavy atom. The molecule has 0 aromatic carbocycles. The van der Waals surface area contributed by atoms with Crippen molar-refractivity contribution in [2.24, 2.45) is 0 Å². The zero-order valence-electron chi connectivity index (χ0n) is 8.95. The lowest BCUT2D eigenvalue weighted by Gasteiger charge is -2.37. The zero-order valence-corrected chi connectivity index (χ0v) is 10.6. The number of amides is 1. The van der Waals surface area contributed by atoms with E-state index in [4.69, 9.17) is 0 Å². The molecule has 1 amide bonds. The number of nitrogens with one attached hydrogen (secondary N) is 1. The van der Waals surface area contributed by atoms with Crippen LogP contribution in [-0.2, 0) is 4.79 Å². The maximum absolute atomic E-state index is 11.6. The van der Waals surface area contributed by atoms with Crippen LogP contribution in [0.3, 0.4) is 0 Å². The van der Waals surface area contributed by atoms with Gasteiger partial charge >= 0.3 is 0 Å². The molecule has 0 aromatic rings. The van der Waals surface area contributed by atoms with Gasteiger partial charge in [0.2, 0.25) is 5.91 Å². The molecule has 0 radical (unpaired) electrons. The Hall–Kier alpha value is 0.0700. The molecule has 1 aliphatic heterocycles. The van der Waals surface area contributed by atoms with Crippen molar-refractivity contribution in [3.8, 4) is 0 Å². The van der Waals surface area contributed by atoms with E-state index in [2.05, 4.69) is 19.2 Å². The van der Waals surface area contributed by atoms with Crippen molar-refractivity contribution in [3.05, 3.63) is 0 Å². The van der Waals surface area contributed by atoms with Gasteiger partial charge in [0.1, 0.15) is 0 Å². The van der Waals surface area contributed by atoms with Crippen LogP contribution in [0.1, 0.15) is 13.8 Å². The van der Waals surface area contributed by atoms with Crippen LogP contribution < -0.4 is 5.32 Å². The van der Waals surface area contributed by atoms with Crippen LogP contribution in [0.15, 0.2) is 0 Å². The molecular formula is C9H19ClN2OS. The van der Waals surface area contributed by atoms with E-state index in [-0.39, 0.29) is 18.3 Å². The number of hydrogen-bond donors (Lipinski definition) is 1. The second kappa shape index (κ2) is 6.53. The molecule has 0 spiro atoms. The Labute approximate surface area is 96.4 Å². The first kappa shape index (κ1) is 14.1. The third kappa shape index (κ3) is 3.67. The molecule has 1 heterocycles. The average molecular weight is 239 g/mol. The second-order valence-electron chi connectivity index (χ2n) is 3.64. The maximum atomic E-state index is 11.6. The van der Waals surface area contributed by atoms with Crippen LogP contribution in [0.5, 0.6) is 0 Å². The third-order valence-electron chi connectivity index (χ3n) is 2.35. The highest BCUT2D eigenvalue weighted by Crippen LogP contribution is 2.08. The standard InChI is InChI=1S/C9H18N2OS.ClH/c1-7-5-11(8(2)4-10-7)9(12)6-13-3;/h7-8,10H,4-6H2,1-3H3;1H. The van der Waals surface area contributed by atoms with E-state index in [0.29, 0.717) is 17.8 Å². The Bertz CT molecular complexity index is 192. The first-order valence-electron chi connectivity index (χ1n) is 4.67. The fourth-order valence-electron chi connectivity index (χ4n) is 1.58. The Kier molecular flexibility index (Phi) is 6.57. The topological polar surface area (TPSA) is 32.3 Å². The predicted molar refractivity (Wildman–Crippen MR) is 64.3 cm³/mol. The summed E-state index contributed by atoms with van der Waals surface area (Å²) in [6.45, 7) is 5.98. The predicted octanol–water partition coefficient (Wildman–Crippen LogP) is 0.980. The van der Waals surface area contributed by atoms with Gasteiger partial charge in [0.15, 0.2) is 0 Å². The fraction of sp³-hybridized carbons (Fsp3) is 0.889. The van der Waals surface area contributed by atoms with Crippen molar-refractivity contribution in [1.82, 2.24) is 10.2 Å². The van der Waals surface area contributed by atoms with Gasteiger partial charge in [-0.2, -0.15) is 11.8 Å². The largest absolute Gasteiger partial charge is 0.336 e. The van der Waals surface area contributed by atoms with Crippen LogP contribution in [-0.4, -0.2) is 48.0 Å². The second-order valence-corrected chi connectivity index (χ2v) is 4.50. The van der Waals surface area contributed by atoms with Crippen LogP contribution in [0, 0.1) is 0 Å². The molecule has 14 heavy (non-hydrogen) atoms. The quantitative estimate of drug-likeness (QED) is 0.779. The number of hydrogen-bond acceptors (Lipinski definition) is 3. The number of piperazine rings is 1. The molecule has 1 N–H and O–H groups in total. The summed E-state index contributed by atoms with van der Waals surface area (Å²) in [6, 6.07) is 0.776. The molecule has 1 fully saturated rings. The van der Waals surface area contributed by atoms with E-state index in [1.54, 1.807) is 11.8 Å². The maximum Gasteiger partial charge on any atom is 0.232 e. The van der Waals surface area contributed by atoms with Crippen molar-refractivity contribution in [2.75, 3.05) is 25.1 Å². The van der Waals surface area contributed by atoms with Crippen LogP contribution in [0.2, 0.25) is 0 Å². The highest BCUT2D eigenvalue weighted by atomic mass is 35.5. The number of thioether (sulfide) groups is 1. The summed E-state index contributed by atoms with van der Waals surface area (Å²) in [5.74, 6) is 0.880. The molecule has 0 aliphatic carbocycles. The molecule has 5 heteroatoms. The molecule has 1 rings (SSSR count). The molecule has 1 saturated heterocycles. The first-order chi connectivity index (χ1) is 6.15. The van der Waals surface area contributed by atoms with Crippen LogP contribution in [0.4, 0.5) is 0 Å². The summed E-state index contributed by atoms with van der Waals surface area (Å²) < 4.78 is 0. The molecule has 3 nitrogen and oxygen atoms in total. The number of halogens is 1. The van der Waals surface area contributed by atoms with Gasteiger partial charge in [-0.3, -0.25) is 4.79 Å². The van der Waals surface area contributed by atoms with Gasteiger partial charge in [-0.25, -0.2) is 0 Å². The van der Waals surface area contributed by atoms with Gasteiger partial charge in [-0.1, -0.05) is 0 Å². The highest BCUT2D eigenvalue weighted by molar-refractivity contribution is 7.99. The average Bonchev–Trinajstić information content (AvgIpc) is 2.09. The molecule has 0 saturated carbocycles. The summed E-state index contributed by atoms with van der Waals surface area (Å²) in [4.78, 5) is 13.6. The van der Waals surface area contributed by atoms with Crippen LogP contribution >= 0.6 is 24.2 Å². The minimum absolute atomic E-state index is 0. The molecule has 2 unspecified atom stereocenters. The lowest BCUT2D eigenvalue weighted by molar-refractivity contribution is -0.131. The Morgan fingerprint density at radius 3 is 2.79 bits per heavy atom. The smallest absolute Gasteiger partial charge is 0.232 e. The van der Waals surface area contributed by atoms with Crippen molar-refractivity contribution in [1.29, 1.82) is 0 Å². The number of carbonyl (C=O) groups is 1. The molecular weight excluding hydrogens is 220 g/mol. The summed E-state index contributed by atoms with van der Waals surface area (Å²) >= 11 is 1.60. The van der Waals surface area contributed by atoms with Crippen molar-refractivity contribution in [2.45, 2.75) is 25.9 Å². The van der Waals surface area contributed by atoms with Gasteiger partial charge in [0.05, 0.1) is 5.75 Å². The summed E-state index contributed by atoms with van der Waals surface area (Å²) in [5, 5.41) is 3.36. The number of carbonyl (C=O) groups excluding carboxylic acids is 1. The van der Waals surface area contributed by atoms with Crippen molar-refractivity contribution < 1.29 is 4.79 Å². The third-order valence-corrected chi connectivity index (χ3v) is 2.89. The molecule has 0 aromatic heterocycles. The SMILES string of the molecule is CSCC(=O)N1CC(C)NCC1C.Cl. The van der Waals surface area contributed by atoms with Gasteiger partial charge in [-0.05, 0) is 20.1 Å². The fourth-order valence-corrected chi connectivity index (χ4v) is 1.99. The monoisotopic (exact) mass is 238 g/mol. The normalized spacial score (nSPS) is 26.9. The summed E-state index contributed by atoms with van der Waals surface area (Å²) in [6.07, 6.45) is 1.97. The van der Waals surface area contributed by atoms with Crippen molar-refractivity contribution in [3.63, 3.8) is 0 Å². The van der Waals surface area contributed by atoms with Gasteiger partial charge < -0.3 is 10.2 Å². The zero-order chi connectivity index (χ0) is 9.84. The van der Waals surface area contributed by atoms with E-state index in [1.807, 2.05) is 11.2 Å². The number of nitrogens with zero attached hydrogens (tertiary/aromatic N) is 1. The first-order valence-corrected chi connectivity index (χ1v) is 6.06. The lowest BCUT2D eigenvalue weighted by atomic mass is 10.1. The van der Waals surface area contributed by atoms with Gasteiger partial charge in [0.25, 0.3) is 0 Å². The molecule has 1 aliphatic rings. The molecule has 2 atom stereocenters. The van der Waals surface area contributed by atoms with Crippen LogP contribution in [0.25, 0.3) is 0 Å². The highest BCUT2D eigenvalue weighted by Gasteiger charge is 2.25. The lowest BCUT2D eigenvalue weighted by Crippen LogP contribution is -2.56. The molecule has 0 bridgehead atoms. The van der Waals surface area contributed by atoms with Gasteiger partial charge in [-0.15, -0.1) is 12.4 Å². The Balaban J connectivity index is 0.00000169. The molecule has 84 valence electrons. The van der Waals surface area contributed by atoms with E-state index < -0.39 is 0 Å². The van der Waals surface area contributed by atoms with E-state index in [9.17, 15) is 4.79 Å². The number of rotatable bonds is 2.